The van der Waals surface area contributed by atoms with Crippen molar-refractivity contribution in [3.05, 3.63) is 35.4 Å². The third-order valence-corrected chi connectivity index (χ3v) is 3.70. The Kier molecular flexibility index (Phi) is 6.47. The van der Waals surface area contributed by atoms with E-state index in [-0.39, 0.29) is 11.5 Å². The summed E-state index contributed by atoms with van der Waals surface area (Å²) in [5, 5.41) is 7.32. The molecule has 1 rings (SSSR count). The van der Waals surface area contributed by atoms with Gasteiger partial charge < -0.3 is 10.6 Å². The number of hydrogen-bond acceptors (Lipinski definition) is 1. The standard InChI is InChI=1S/C17H28N2S/c1-6-7-12-18-16(20)19-13(2)14-8-10-15(11-9-14)17(3,4)5/h8-11,13H,6-7,12H2,1-5H3,(H2,18,19,20)/t13-/m1/s1. The van der Waals surface area contributed by atoms with E-state index in [0.717, 1.165) is 18.1 Å². The van der Waals surface area contributed by atoms with E-state index >= 15 is 0 Å². The van der Waals surface area contributed by atoms with Crippen molar-refractivity contribution in [1.29, 1.82) is 0 Å². The van der Waals surface area contributed by atoms with Gasteiger partial charge in [0.1, 0.15) is 0 Å². The summed E-state index contributed by atoms with van der Waals surface area (Å²) in [6, 6.07) is 9.02. The summed E-state index contributed by atoms with van der Waals surface area (Å²) >= 11 is 5.31. The largest absolute Gasteiger partial charge is 0.363 e. The van der Waals surface area contributed by atoms with Crippen molar-refractivity contribution in [2.45, 2.75) is 58.9 Å². The Hall–Kier alpha value is -1.09. The van der Waals surface area contributed by atoms with Gasteiger partial charge in [0, 0.05) is 6.54 Å². The molecule has 2 N–H and O–H groups in total. The number of nitrogens with one attached hydrogen (secondary N) is 2. The van der Waals surface area contributed by atoms with Crippen LogP contribution in [0.2, 0.25) is 0 Å². The number of rotatable bonds is 5. The molecule has 1 aromatic carbocycles. The van der Waals surface area contributed by atoms with Crippen LogP contribution in [0.4, 0.5) is 0 Å². The summed E-state index contributed by atoms with van der Waals surface area (Å²) in [6.07, 6.45) is 2.33. The van der Waals surface area contributed by atoms with E-state index in [1.54, 1.807) is 0 Å². The molecule has 0 spiro atoms. The summed E-state index contributed by atoms with van der Waals surface area (Å²) in [5.74, 6) is 0. The van der Waals surface area contributed by atoms with Crippen molar-refractivity contribution in [3.63, 3.8) is 0 Å². The van der Waals surface area contributed by atoms with Gasteiger partial charge in [-0.15, -0.1) is 0 Å². The molecule has 0 unspecified atom stereocenters. The highest BCUT2D eigenvalue weighted by Gasteiger charge is 2.14. The zero-order chi connectivity index (χ0) is 15.2. The fourth-order valence-electron chi connectivity index (χ4n) is 1.98. The van der Waals surface area contributed by atoms with Gasteiger partial charge in [0.05, 0.1) is 6.04 Å². The van der Waals surface area contributed by atoms with Gasteiger partial charge in [-0.2, -0.15) is 0 Å². The second-order valence-electron chi connectivity index (χ2n) is 6.35. The fraction of sp³-hybridized carbons (Fsp3) is 0.588. The first-order chi connectivity index (χ1) is 9.34. The number of unbranched alkanes of at least 4 members (excludes halogenated alkanes) is 1. The van der Waals surface area contributed by atoms with Gasteiger partial charge in [-0.1, -0.05) is 58.4 Å². The summed E-state index contributed by atoms with van der Waals surface area (Å²) in [7, 11) is 0. The lowest BCUT2D eigenvalue weighted by atomic mass is 9.86. The molecule has 3 heteroatoms. The molecular weight excluding hydrogens is 264 g/mol. The molecule has 0 radical (unpaired) electrons. The molecule has 2 nitrogen and oxygen atoms in total. The first-order valence-electron chi connectivity index (χ1n) is 7.49. The molecular formula is C17H28N2S. The fourth-order valence-corrected chi connectivity index (χ4v) is 2.26. The van der Waals surface area contributed by atoms with Gasteiger partial charge in [0.2, 0.25) is 0 Å². The van der Waals surface area contributed by atoms with E-state index in [1.807, 2.05) is 0 Å². The average Bonchev–Trinajstić information content (AvgIpc) is 2.38. The zero-order valence-corrected chi connectivity index (χ0v) is 14.2. The van der Waals surface area contributed by atoms with Gasteiger partial charge in [-0.3, -0.25) is 0 Å². The Morgan fingerprint density at radius 2 is 1.80 bits per heavy atom. The van der Waals surface area contributed by atoms with Crippen LogP contribution in [-0.4, -0.2) is 11.7 Å². The maximum Gasteiger partial charge on any atom is 0.166 e. The van der Waals surface area contributed by atoms with Crippen LogP contribution in [0.5, 0.6) is 0 Å². The van der Waals surface area contributed by atoms with Crippen molar-refractivity contribution in [1.82, 2.24) is 10.6 Å². The number of thiocarbonyl (C=S) groups is 1. The SMILES string of the molecule is CCCCNC(=S)N[C@H](C)c1ccc(C(C)(C)C)cc1. The lowest BCUT2D eigenvalue weighted by molar-refractivity contribution is 0.589. The van der Waals surface area contributed by atoms with Crippen LogP contribution in [-0.2, 0) is 5.41 Å². The first-order valence-corrected chi connectivity index (χ1v) is 7.90. The van der Waals surface area contributed by atoms with Gasteiger partial charge in [0.15, 0.2) is 5.11 Å². The van der Waals surface area contributed by atoms with E-state index in [0.29, 0.717) is 0 Å². The molecule has 1 atom stereocenters. The van der Waals surface area contributed by atoms with E-state index in [9.17, 15) is 0 Å². The average molecular weight is 292 g/mol. The van der Waals surface area contributed by atoms with Crippen LogP contribution in [0.15, 0.2) is 24.3 Å². The molecule has 0 aliphatic rings. The highest BCUT2D eigenvalue weighted by atomic mass is 32.1. The highest BCUT2D eigenvalue weighted by molar-refractivity contribution is 7.80. The van der Waals surface area contributed by atoms with Gasteiger partial charge >= 0.3 is 0 Å². The van der Waals surface area contributed by atoms with Crippen molar-refractivity contribution < 1.29 is 0 Å². The van der Waals surface area contributed by atoms with E-state index < -0.39 is 0 Å². The van der Waals surface area contributed by atoms with Crippen molar-refractivity contribution in [2.75, 3.05) is 6.54 Å². The molecule has 0 bridgehead atoms. The number of benzene rings is 1. The summed E-state index contributed by atoms with van der Waals surface area (Å²) < 4.78 is 0. The molecule has 0 saturated carbocycles. The van der Waals surface area contributed by atoms with Crippen LogP contribution in [0, 0.1) is 0 Å². The zero-order valence-electron chi connectivity index (χ0n) is 13.4. The minimum atomic E-state index is 0.201. The van der Waals surface area contributed by atoms with E-state index in [4.69, 9.17) is 12.2 Å². The molecule has 0 aliphatic carbocycles. The molecule has 0 fully saturated rings. The summed E-state index contributed by atoms with van der Waals surface area (Å²) in [6.45, 7) is 12.0. The Balaban J connectivity index is 2.55. The minimum Gasteiger partial charge on any atom is -0.363 e. The van der Waals surface area contributed by atoms with Gasteiger partial charge in [0.25, 0.3) is 0 Å². The second kappa shape index (κ2) is 7.63. The Labute approximate surface area is 129 Å². The van der Waals surface area contributed by atoms with Crippen LogP contribution < -0.4 is 10.6 Å². The topological polar surface area (TPSA) is 24.1 Å². The molecule has 112 valence electrons. The predicted molar refractivity (Wildman–Crippen MR) is 92.2 cm³/mol. The summed E-state index contributed by atoms with van der Waals surface area (Å²) in [4.78, 5) is 0. The molecule has 20 heavy (non-hydrogen) atoms. The Morgan fingerprint density at radius 3 is 2.30 bits per heavy atom. The lowest BCUT2D eigenvalue weighted by Crippen LogP contribution is -2.37. The van der Waals surface area contributed by atoms with Gasteiger partial charge in [-0.05, 0) is 42.1 Å². The lowest BCUT2D eigenvalue weighted by Gasteiger charge is -2.21. The molecule has 0 aliphatic heterocycles. The number of hydrogen-bond donors (Lipinski definition) is 2. The van der Waals surface area contributed by atoms with Crippen molar-refractivity contribution in [3.8, 4) is 0 Å². The molecule has 0 saturated heterocycles. The third kappa shape index (κ3) is 5.49. The maximum absolute atomic E-state index is 5.31. The molecule has 0 aromatic heterocycles. The van der Waals surface area contributed by atoms with Crippen LogP contribution in [0.1, 0.15) is 64.6 Å². The predicted octanol–water partition coefficient (Wildman–Crippen LogP) is 4.31. The molecule has 0 amide bonds. The van der Waals surface area contributed by atoms with Crippen LogP contribution in [0.3, 0.4) is 0 Å². The smallest absolute Gasteiger partial charge is 0.166 e. The van der Waals surface area contributed by atoms with Gasteiger partial charge in [-0.25, -0.2) is 0 Å². The normalized spacial score (nSPS) is 12.8. The molecule has 1 aromatic rings. The monoisotopic (exact) mass is 292 g/mol. The molecule has 0 heterocycles. The quantitative estimate of drug-likeness (QED) is 0.624. The van der Waals surface area contributed by atoms with E-state index in [1.165, 1.54) is 17.5 Å². The Morgan fingerprint density at radius 1 is 1.20 bits per heavy atom. The second-order valence-corrected chi connectivity index (χ2v) is 6.76. The van der Waals surface area contributed by atoms with Crippen molar-refractivity contribution >= 4 is 17.3 Å². The van der Waals surface area contributed by atoms with Crippen LogP contribution in [0.25, 0.3) is 0 Å². The van der Waals surface area contributed by atoms with Crippen molar-refractivity contribution in [2.24, 2.45) is 0 Å². The Bertz CT molecular complexity index is 418. The van der Waals surface area contributed by atoms with Crippen LogP contribution >= 0.6 is 12.2 Å². The minimum absolute atomic E-state index is 0.201. The van der Waals surface area contributed by atoms with E-state index in [2.05, 4.69) is 69.5 Å². The summed E-state index contributed by atoms with van der Waals surface area (Å²) in [5.41, 5.74) is 2.82. The first kappa shape index (κ1) is 17.0. The highest BCUT2D eigenvalue weighted by Crippen LogP contribution is 2.23. The third-order valence-electron chi connectivity index (χ3n) is 3.44. The maximum atomic E-state index is 5.31.